The second kappa shape index (κ2) is 5.06. The summed E-state index contributed by atoms with van der Waals surface area (Å²) in [5.41, 5.74) is 0. The minimum Gasteiger partial charge on any atom is -0.362 e. The van der Waals surface area contributed by atoms with E-state index in [0.717, 1.165) is 12.5 Å². The number of nitrogens with one attached hydrogen (secondary N) is 1. The summed E-state index contributed by atoms with van der Waals surface area (Å²) in [4.78, 5) is 4.44. The highest BCUT2D eigenvalue weighted by molar-refractivity contribution is 8.14. The second-order valence-corrected chi connectivity index (χ2v) is 5.45. The van der Waals surface area contributed by atoms with Crippen molar-refractivity contribution in [1.82, 2.24) is 5.32 Å². The van der Waals surface area contributed by atoms with Gasteiger partial charge in [0.15, 0.2) is 5.17 Å². The van der Waals surface area contributed by atoms with Crippen LogP contribution in [0.25, 0.3) is 0 Å². The van der Waals surface area contributed by atoms with Crippen LogP contribution in [0, 0.1) is 5.92 Å². The molecule has 0 aromatic heterocycles. The molecule has 1 aliphatic carbocycles. The molecule has 2 rings (SSSR count). The summed E-state index contributed by atoms with van der Waals surface area (Å²) in [6, 6.07) is 0.625. The van der Waals surface area contributed by atoms with E-state index in [1.807, 2.05) is 11.8 Å². The molecule has 0 aromatic carbocycles. The summed E-state index contributed by atoms with van der Waals surface area (Å²) in [5, 5.41) is 4.74. The number of nitrogens with zero attached hydrogens (tertiary/aromatic N) is 1. The van der Waals surface area contributed by atoms with Crippen molar-refractivity contribution in [1.29, 1.82) is 0 Å². The largest absolute Gasteiger partial charge is 0.362 e. The molecule has 1 saturated carbocycles. The van der Waals surface area contributed by atoms with E-state index in [1.165, 1.54) is 43.0 Å². The number of aliphatic imine (C=N–C) groups is 1. The van der Waals surface area contributed by atoms with E-state index in [1.54, 1.807) is 0 Å². The Morgan fingerprint density at radius 2 is 2.14 bits per heavy atom. The van der Waals surface area contributed by atoms with Crippen LogP contribution in [-0.4, -0.2) is 23.5 Å². The summed E-state index contributed by atoms with van der Waals surface area (Å²) >= 11 is 1.87. The summed E-state index contributed by atoms with van der Waals surface area (Å²) in [7, 11) is 0. The maximum absolute atomic E-state index is 4.44. The van der Waals surface area contributed by atoms with Gasteiger partial charge in [-0.2, -0.15) is 0 Å². The van der Waals surface area contributed by atoms with Gasteiger partial charge in [0.1, 0.15) is 0 Å². The lowest BCUT2D eigenvalue weighted by atomic mass is 9.85. The van der Waals surface area contributed by atoms with Crippen LogP contribution in [-0.2, 0) is 0 Å². The van der Waals surface area contributed by atoms with Crippen molar-refractivity contribution in [3.8, 4) is 0 Å². The molecule has 0 spiro atoms. The molecule has 0 radical (unpaired) electrons. The Labute approximate surface area is 90.9 Å². The fraction of sp³-hybridized carbons (Fsp3) is 0.909. The van der Waals surface area contributed by atoms with E-state index in [0.29, 0.717) is 6.04 Å². The average molecular weight is 212 g/mol. The maximum atomic E-state index is 4.44. The highest BCUT2D eigenvalue weighted by atomic mass is 32.2. The molecule has 14 heavy (non-hydrogen) atoms. The predicted octanol–water partition coefficient (Wildman–Crippen LogP) is 2.65. The van der Waals surface area contributed by atoms with Gasteiger partial charge in [-0.1, -0.05) is 31.0 Å². The molecule has 0 bridgehead atoms. The fourth-order valence-electron chi connectivity index (χ4n) is 2.37. The molecule has 3 heteroatoms. The highest BCUT2D eigenvalue weighted by Gasteiger charge is 2.21. The molecule has 1 heterocycles. The van der Waals surface area contributed by atoms with Gasteiger partial charge in [-0.15, -0.1) is 0 Å². The summed E-state index contributed by atoms with van der Waals surface area (Å²) in [6.45, 7) is 3.32. The zero-order valence-electron chi connectivity index (χ0n) is 8.96. The molecule has 1 N–H and O–H groups in total. The minimum absolute atomic E-state index is 0.625. The lowest BCUT2D eigenvalue weighted by molar-refractivity contribution is 0.302. The number of hydrogen-bond donors (Lipinski definition) is 1. The molecule has 0 saturated heterocycles. The fourth-order valence-corrected chi connectivity index (χ4v) is 3.20. The average Bonchev–Trinajstić information content (AvgIpc) is 2.72. The first-order chi connectivity index (χ1) is 6.86. The Bertz CT molecular complexity index is 209. The van der Waals surface area contributed by atoms with E-state index in [2.05, 4.69) is 17.2 Å². The topological polar surface area (TPSA) is 24.4 Å². The molecule has 0 aromatic rings. The summed E-state index contributed by atoms with van der Waals surface area (Å²) in [5.74, 6) is 2.05. The van der Waals surface area contributed by atoms with Crippen molar-refractivity contribution >= 4 is 16.9 Å². The minimum atomic E-state index is 0.625. The van der Waals surface area contributed by atoms with Gasteiger partial charge in [0.2, 0.25) is 0 Å². The molecule has 2 aliphatic rings. The Kier molecular flexibility index (Phi) is 3.74. The van der Waals surface area contributed by atoms with Crippen molar-refractivity contribution in [3.63, 3.8) is 0 Å². The third kappa shape index (κ3) is 2.66. The van der Waals surface area contributed by atoms with Gasteiger partial charge in [-0.3, -0.25) is 4.99 Å². The number of amidine groups is 1. The standard InChI is InChI=1S/C11H20N2S/c1-9(10-5-3-2-4-6-10)13-11-12-7-8-14-11/h9-10H,2-8H2,1H3,(H,12,13). The van der Waals surface area contributed by atoms with Crippen LogP contribution < -0.4 is 5.32 Å². The molecule has 1 aliphatic heterocycles. The smallest absolute Gasteiger partial charge is 0.156 e. The first kappa shape index (κ1) is 10.3. The molecule has 2 nitrogen and oxygen atoms in total. The number of thioether (sulfide) groups is 1. The van der Waals surface area contributed by atoms with E-state index in [4.69, 9.17) is 0 Å². The molecule has 80 valence electrons. The molecule has 1 unspecified atom stereocenters. The molecule has 0 amide bonds. The second-order valence-electron chi connectivity index (χ2n) is 4.37. The van der Waals surface area contributed by atoms with Crippen molar-refractivity contribution < 1.29 is 0 Å². The lowest BCUT2D eigenvalue weighted by Gasteiger charge is -2.28. The Morgan fingerprint density at radius 1 is 1.36 bits per heavy atom. The first-order valence-corrected chi connectivity index (χ1v) is 6.78. The van der Waals surface area contributed by atoms with Gasteiger partial charge in [-0.25, -0.2) is 0 Å². The Balaban J connectivity index is 1.78. The molecular weight excluding hydrogens is 192 g/mol. The van der Waals surface area contributed by atoms with Crippen molar-refractivity contribution in [2.45, 2.75) is 45.1 Å². The van der Waals surface area contributed by atoms with E-state index in [-0.39, 0.29) is 0 Å². The predicted molar refractivity (Wildman–Crippen MR) is 63.9 cm³/mol. The highest BCUT2D eigenvalue weighted by Crippen LogP contribution is 2.26. The lowest BCUT2D eigenvalue weighted by Crippen LogP contribution is -2.37. The number of hydrogen-bond acceptors (Lipinski definition) is 3. The van der Waals surface area contributed by atoms with Gasteiger partial charge in [0.05, 0.1) is 6.54 Å². The van der Waals surface area contributed by atoms with Gasteiger partial charge >= 0.3 is 0 Å². The summed E-state index contributed by atoms with van der Waals surface area (Å²) in [6.07, 6.45) is 7.11. The van der Waals surface area contributed by atoms with Crippen LogP contribution in [0.2, 0.25) is 0 Å². The van der Waals surface area contributed by atoms with E-state index < -0.39 is 0 Å². The van der Waals surface area contributed by atoms with Crippen LogP contribution in [0.4, 0.5) is 0 Å². The van der Waals surface area contributed by atoms with Gasteiger partial charge < -0.3 is 5.32 Å². The third-order valence-corrected chi connectivity index (χ3v) is 4.20. The van der Waals surface area contributed by atoms with Crippen LogP contribution in [0.5, 0.6) is 0 Å². The third-order valence-electron chi connectivity index (χ3n) is 3.29. The van der Waals surface area contributed by atoms with Crippen LogP contribution in [0.3, 0.4) is 0 Å². The summed E-state index contributed by atoms with van der Waals surface area (Å²) < 4.78 is 0. The van der Waals surface area contributed by atoms with Gasteiger partial charge in [0, 0.05) is 11.8 Å². The quantitative estimate of drug-likeness (QED) is 0.761. The van der Waals surface area contributed by atoms with E-state index >= 15 is 0 Å². The SMILES string of the molecule is CC(NC1=NCCS1)C1CCCCC1. The first-order valence-electron chi connectivity index (χ1n) is 5.80. The van der Waals surface area contributed by atoms with Crippen molar-refractivity contribution in [2.24, 2.45) is 10.9 Å². The molecular formula is C11H20N2S. The van der Waals surface area contributed by atoms with Crippen LogP contribution in [0.1, 0.15) is 39.0 Å². The van der Waals surface area contributed by atoms with E-state index in [9.17, 15) is 0 Å². The normalized spacial score (nSPS) is 25.9. The van der Waals surface area contributed by atoms with Crippen LogP contribution in [0.15, 0.2) is 4.99 Å². The Hall–Kier alpha value is -0.180. The molecule has 1 atom stereocenters. The number of rotatable bonds is 2. The molecule has 1 fully saturated rings. The van der Waals surface area contributed by atoms with Crippen molar-refractivity contribution in [3.05, 3.63) is 0 Å². The van der Waals surface area contributed by atoms with Crippen molar-refractivity contribution in [2.75, 3.05) is 12.3 Å². The Morgan fingerprint density at radius 3 is 2.79 bits per heavy atom. The van der Waals surface area contributed by atoms with Gasteiger partial charge in [-0.05, 0) is 25.7 Å². The zero-order chi connectivity index (χ0) is 9.80. The maximum Gasteiger partial charge on any atom is 0.156 e. The monoisotopic (exact) mass is 212 g/mol. The zero-order valence-corrected chi connectivity index (χ0v) is 9.78. The van der Waals surface area contributed by atoms with Gasteiger partial charge in [0.25, 0.3) is 0 Å². The van der Waals surface area contributed by atoms with Crippen LogP contribution >= 0.6 is 11.8 Å².